The number of nitrogens with one attached hydrogen (secondary N) is 1. The number of alkyl halides is 3. The maximum absolute atomic E-state index is 12.7. The minimum Gasteiger partial charge on any atom is -0.314 e. The van der Waals surface area contributed by atoms with Gasteiger partial charge in [-0.25, -0.2) is 0 Å². The van der Waals surface area contributed by atoms with Crippen molar-refractivity contribution in [1.82, 2.24) is 10.2 Å². The highest BCUT2D eigenvalue weighted by Crippen LogP contribution is 2.34. The number of hydrogen-bond donors (Lipinski definition) is 1. The second-order valence-corrected chi connectivity index (χ2v) is 5.74. The van der Waals surface area contributed by atoms with E-state index < -0.39 is 11.7 Å². The van der Waals surface area contributed by atoms with E-state index in [1.807, 2.05) is 0 Å². The van der Waals surface area contributed by atoms with Gasteiger partial charge in [0.25, 0.3) is 0 Å². The Labute approximate surface area is 148 Å². The Morgan fingerprint density at radius 3 is 2.04 bits per heavy atom. The van der Waals surface area contributed by atoms with Gasteiger partial charge in [-0.05, 0) is 23.6 Å². The lowest BCUT2D eigenvalue weighted by atomic mass is 9.90. The van der Waals surface area contributed by atoms with Crippen LogP contribution < -0.4 is 5.32 Å². The molecule has 1 aliphatic rings. The summed E-state index contributed by atoms with van der Waals surface area (Å²) in [5.74, 6) is 0.417. The number of nitrogens with zero attached hydrogens (tertiary/aromatic N) is 1. The van der Waals surface area contributed by atoms with E-state index in [4.69, 9.17) is 0 Å². The molecule has 1 unspecified atom stereocenters. The SMILES string of the molecule is CCC(C)[C@@H](c1ccc(C(F)(F)F)cc1)N1CCNCC1.Cl.Cl. The fourth-order valence-electron chi connectivity index (χ4n) is 2.95. The Morgan fingerprint density at radius 1 is 1.09 bits per heavy atom. The van der Waals surface area contributed by atoms with Crippen LogP contribution in [-0.2, 0) is 6.18 Å². The molecule has 1 heterocycles. The second-order valence-electron chi connectivity index (χ2n) is 5.74. The van der Waals surface area contributed by atoms with Crippen molar-refractivity contribution in [2.75, 3.05) is 26.2 Å². The van der Waals surface area contributed by atoms with E-state index in [0.717, 1.165) is 38.2 Å². The van der Waals surface area contributed by atoms with Crippen LogP contribution in [-0.4, -0.2) is 31.1 Å². The minimum atomic E-state index is -4.26. The van der Waals surface area contributed by atoms with E-state index in [1.54, 1.807) is 12.1 Å². The molecule has 2 rings (SSSR count). The highest BCUT2D eigenvalue weighted by molar-refractivity contribution is 5.85. The van der Waals surface area contributed by atoms with Crippen LogP contribution in [0.4, 0.5) is 13.2 Å². The van der Waals surface area contributed by atoms with E-state index in [-0.39, 0.29) is 30.9 Å². The first-order valence-electron chi connectivity index (χ1n) is 7.55. The average Bonchev–Trinajstić information content (AvgIpc) is 2.48. The Hall–Kier alpha value is -0.490. The van der Waals surface area contributed by atoms with Crippen LogP contribution in [0.1, 0.15) is 37.4 Å². The molecule has 0 aromatic heterocycles. The molecule has 1 fully saturated rings. The standard InChI is InChI=1S/C16H23F3N2.2ClH/c1-3-12(2)15(21-10-8-20-9-11-21)13-4-6-14(7-5-13)16(17,18)19;;/h4-7,12,15,20H,3,8-11H2,1-2H3;2*1H/t12?,15-;;/m0../s1. The first-order valence-corrected chi connectivity index (χ1v) is 7.55. The van der Waals surface area contributed by atoms with Crippen molar-refractivity contribution in [3.63, 3.8) is 0 Å². The van der Waals surface area contributed by atoms with Crippen molar-refractivity contribution in [2.24, 2.45) is 5.92 Å². The van der Waals surface area contributed by atoms with Gasteiger partial charge in [-0.15, -0.1) is 24.8 Å². The lowest BCUT2D eigenvalue weighted by Crippen LogP contribution is -2.46. The van der Waals surface area contributed by atoms with Crippen LogP contribution in [0.3, 0.4) is 0 Å². The molecule has 7 heteroatoms. The van der Waals surface area contributed by atoms with E-state index in [2.05, 4.69) is 24.1 Å². The molecular formula is C16H25Cl2F3N2. The Balaban J connectivity index is 0.00000242. The molecule has 0 saturated carbocycles. The molecule has 1 saturated heterocycles. The predicted octanol–water partition coefficient (Wildman–Crippen LogP) is 4.54. The van der Waals surface area contributed by atoms with E-state index in [9.17, 15) is 13.2 Å². The molecule has 1 aromatic rings. The summed E-state index contributed by atoms with van der Waals surface area (Å²) in [4.78, 5) is 2.38. The molecule has 0 bridgehead atoms. The highest BCUT2D eigenvalue weighted by Gasteiger charge is 2.31. The molecule has 134 valence electrons. The topological polar surface area (TPSA) is 15.3 Å². The summed E-state index contributed by atoms with van der Waals surface area (Å²) >= 11 is 0. The molecule has 1 N–H and O–H groups in total. The van der Waals surface area contributed by atoms with Crippen molar-refractivity contribution in [3.8, 4) is 0 Å². The smallest absolute Gasteiger partial charge is 0.314 e. The number of benzene rings is 1. The predicted molar refractivity (Wildman–Crippen MR) is 92.6 cm³/mol. The van der Waals surface area contributed by atoms with Crippen molar-refractivity contribution >= 4 is 24.8 Å². The summed E-state index contributed by atoms with van der Waals surface area (Å²) in [5.41, 5.74) is 0.411. The lowest BCUT2D eigenvalue weighted by Gasteiger charge is -2.38. The van der Waals surface area contributed by atoms with Gasteiger partial charge in [-0.1, -0.05) is 32.4 Å². The Kier molecular flexibility index (Phi) is 9.51. The minimum absolute atomic E-state index is 0. The normalized spacial score (nSPS) is 18.5. The van der Waals surface area contributed by atoms with Crippen molar-refractivity contribution in [3.05, 3.63) is 35.4 Å². The molecule has 0 amide bonds. The summed E-state index contributed by atoms with van der Waals surface area (Å²) in [6.07, 6.45) is -3.25. The van der Waals surface area contributed by atoms with Gasteiger partial charge in [0, 0.05) is 32.2 Å². The fraction of sp³-hybridized carbons (Fsp3) is 0.625. The van der Waals surface area contributed by atoms with Gasteiger partial charge in [-0.3, -0.25) is 4.90 Å². The van der Waals surface area contributed by atoms with Gasteiger partial charge in [0.1, 0.15) is 0 Å². The van der Waals surface area contributed by atoms with Crippen LogP contribution in [0.25, 0.3) is 0 Å². The van der Waals surface area contributed by atoms with Gasteiger partial charge in [0.05, 0.1) is 5.56 Å². The van der Waals surface area contributed by atoms with Gasteiger partial charge < -0.3 is 5.32 Å². The fourth-order valence-corrected chi connectivity index (χ4v) is 2.95. The van der Waals surface area contributed by atoms with Crippen LogP contribution >= 0.6 is 24.8 Å². The number of halogens is 5. The summed E-state index contributed by atoms with van der Waals surface area (Å²) in [5, 5.41) is 3.32. The van der Waals surface area contributed by atoms with Gasteiger partial charge in [-0.2, -0.15) is 13.2 Å². The summed E-state index contributed by atoms with van der Waals surface area (Å²) in [7, 11) is 0. The molecule has 23 heavy (non-hydrogen) atoms. The van der Waals surface area contributed by atoms with Gasteiger partial charge in [0.15, 0.2) is 0 Å². The zero-order valence-corrected chi connectivity index (χ0v) is 15.0. The zero-order valence-electron chi connectivity index (χ0n) is 13.4. The van der Waals surface area contributed by atoms with E-state index in [0.29, 0.717) is 5.92 Å². The molecule has 0 aliphatic carbocycles. The number of hydrogen-bond acceptors (Lipinski definition) is 2. The van der Waals surface area contributed by atoms with Gasteiger partial charge >= 0.3 is 6.18 Å². The monoisotopic (exact) mass is 372 g/mol. The molecule has 2 nitrogen and oxygen atoms in total. The second kappa shape index (κ2) is 9.72. The number of rotatable bonds is 4. The molecule has 0 spiro atoms. The van der Waals surface area contributed by atoms with Crippen molar-refractivity contribution in [2.45, 2.75) is 32.5 Å². The summed E-state index contributed by atoms with van der Waals surface area (Å²) in [6.45, 7) is 8.06. The Bertz CT molecular complexity index is 446. The molecule has 2 atom stereocenters. The molecule has 1 aromatic carbocycles. The third-order valence-electron chi connectivity index (χ3n) is 4.31. The largest absolute Gasteiger partial charge is 0.416 e. The molecule has 0 radical (unpaired) electrons. The van der Waals surface area contributed by atoms with Crippen LogP contribution in [0.2, 0.25) is 0 Å². The van der Waals surface area contributed by atoms with Crippen molar-refractivity contribution < 1.29 is 13.2 Å². The highest BCUT2D eigenvalue weighted by atomic mass is 35.5. The van der Waals surface area contributed by atoms with Crippen molar-refractivity contribution in [1.29, 1.82) is 0 Å². The summed E-state index contributed by atoms with van der Waals surface area (Å²) in [6, 6.07) is 5.88. The third kappa shape index (κ3) is 5.82. The van der Waals surface area contributed by atoms with Crippen LogP contribution in [0.15, 0.2) is 24.3 Å². The third-order valence-corrected chi connectivity index (χ3v) is 4.31. The quantitative estimate of drug-likeness (QED) is 0.834. The first kappa shape index (κ1) is 22.5. The van der Waals surface area contributed by atoms with Crippen LogP contribution in [0, 0.1) is 5.92 Å². The van der Waals surface area contributed by atoms with E-state index in [1.165, 1.54) is 12.1 Å². The lowest BCUT2D eigenvalue weighted by molar-refractivity contribution is -0.137. The van der Waals surface area contributed by atoms with Gasteiger partial charge in [0.2, 0.25) is 0 Å². The molecular weight excluding hydrogens is 348 g/mol. The summed E-state index contributed by atoms with van der Waals surface area (Å²) < 4.78 is 38.0. The maximum Gasteiger partial charge on any atom is 0.416 e. The Morgan fingerprint density at radius 2 is 1.61 bits per heavy atom. The first-order chi connectivity index (χ1) is 9.93. The average molecular weight is 373 g/mol. The zero-order chi connectivity index (χ0) is 15.5. The molecule has 1 aliphatic heterocycles. The maximum atomic E-state index is 12.7. The number of piperazine rings is 1. The van der Waals surface area contributed by atoms with E-state index >= 15 is 0 Å². The van der Waals surface area contributed by atoms with Crippen LogP contribution in [0.5, 0.6) is 0 Å².